The maximum atomic E-state index is 15.8. The van der Waals surface area contributed by atoms with Gasteiger partial charge < -0.3 is 4.74 Å². The summed E-state index contributed by atoms with van der Waals surface area (Å²) in [5.41, 5.74) is 0. The Morgan fingerprint density at radius 2 is 1.41 bits per heavy atom. The summed E-state index contributed by atoms with van der Waals surface area (Å²) in [4.78, 5) is 0. The summed E-state index contributed by atoms with van der Waals surface area (Å²) in [6, 6.07) is 1.82. The molecule has 0 aromatic heterocycles. The quantitative estimate of drug-likeness (QED) is 0.521. The molecule has 1 aromatic carbocycles. The van der Waals surface area contributed by atoms with Gasteiger partial charge in [0.05, 0.1) is 16.2 Å². The molecule has 0 aliphatic heterocycles. The van der Waals surface area contributed by atoms with Crippen molar-refractivity contribution >= 4 is 18.6 Å². The number of ether oxygens (including phenoxy) is 1. The van der Waals surface area contributed by atoms with Crippen LogP contribution in [0.5, 0.6) is 5.75 Å². The fraction of sp³-hybridized carbons (Fsp3) is 0.263. The second kappa shape index (κ2) is 7.25. The first-order chi connectivity index (χ1) is 12.7. The molecule has 2 aliphatic carbocycles. The van der Waals surface area contributed by atoms with Gasteiger partial charge in [0.2, 0.25) is 0 Å². The smallest absolute Gasteiger partial charge is 0.433 e. The topological polar surface area (TPSA) is 9.23 Å². The zero-order chi connectivity index (χ0) is 19.8. The summed E-state index contributed by atoms with van der Waals surface area (Å²) in [7, 11) is 1.12. The third-order valence-corrected chi connectivity index (χ3v) is 8.56. The highest BCUT2D eigenvalue weighted by atomic mass is 27.2. The summed E-state index contributed by atoms with van der Waals surface area (Å²) in [5.74, 6) is -4.61. The normalized spacial score (nSPS) is 27.2. The molecule has 2 aliphatic rings. The summed E-state index contributed by atoms with van der Waals surface area (Å²) >= 11 is -4.08. The second-order valence-corrected chi connectivity index (χ2v) is 9.93. The second-order valence-electron chi connectivity index (χ2n) is 6.56. The average molecular weight is 400 g/mol. The average Bonchev–Trinajstić information content (AvgIpc) is 2.57. The molecule has 2 atom stereocenters. The van der Waals surface area contributed by atoms with Crippen molar-refractivity contribution in [2.45, 2.75) is 21.9 Å². The number of allylic oxidation sites excluding steroid dienone is 8. The number of methoxy groups -OCH3 is 1. The van der Waals surface area contributed by atoms with E-state index in [1.54, 1.807) is 0 Å². The van der Waals surface area contributed by atoms with Gasteiger partial charge in [-0.3, -0.25) is 8.78 Å². The SMILES string of the molecule is COc1ccc(F)[c]([Al]([C]2(F)C=CC=C(F)C2)[C]2(F)C=CC=C(F)C2)c1F. The maximum absolute atomic E-state index is 15.8. The molecule has 0 radical (unpaired) electrons. The Morgan fingerprint density at radius 1 is 0.889 bits per heavy atom. The lowest BCUT2D eigenvalue weighted by Gasteiger charge is -2.38. The largest absolute Gasteiger partial charge is 0.494 e. The third-order valence-electron chi connectivity index (χ3n) is 4.74. The molecular formula is C19H15AlF6O. The number of alkyl halides is 2. The van der Waals surface area contributed by atoms with Crippen molar-refractivity contribution in [1.29, 1.82) is 0 Å². The van der Waals surface area contributed by atoms with Gasteiger partial charge in [0, 0.05) is 12.8 Å². The molecule has 0 amide bonds. The Bertz CT molecular complexity index is 835. The summed E-state index contributed by atoms with van der Waals surface area (Å²) in [6.07, 6.45) is 4.11. The van der Waals surface area contributed by atoms with Crippen LogP contribution in [0, 0.1) is 11.6 Å². The van der Waals surface area contributed by atoms with Crippen molar-refractivity contribution in [3.8, 4) is 5.75 Å². The monoisotopic (exact) mass is 400 g/mol. The first-order valence-corrected chi connectivity index (χ1v) is 9.91. The summed E-state index contributed by atoms with van der Waals surface area (Å²) < 4.78 is 87.4. The summed E-state index contributed by atoms with van der Waals surface area (Å²) in [6.45, 7) is 0. The maximum Gasteiger partial charge on any atom is 0.433 e. The van der Waals surface area contributed by atoms with Crippen molar-refractivity contribution in [3.63, 3.8) is 0 Å². The van der Waals surface area contributed by atoms with Crippen molar-refractivity contribution in [1.82, 2.24) is 0 Å². The lowest BCUT2D eigenvalue weighted by molar-refractivity contribution is 0.257. The van der Waals surface area contributed by atoms with Gasteiger partial charge in [-0.05, 0) is 28.7 Å². The minimum atomic E-state index is -4.08. The van der Waals surface area contributed by atoms with E-state index in [2.05, 4.69) is 0 Å². The Labute approximate surface area is 156 Å². The van der Waals surface area contributed by atoms with Crippen LogP contribution in [0.15, 0.2) is 60.2 Å². The number of halogens is 6. The van der Waals surface area contributed by atoms with Gasteiger partial charge >= 0.3 is 14.1 Å². The highest BCUT2D eigenvalue weighted by molar-refractivity contribution is 6.79. The molecule has 3 rings (SSSR count). The predicted octanol–water partition coefficient (Wildman–Crippen LogP) is 4.80. The molecule has 0 spiro atoms. The lowest BCUT2D eigenvalue weighted by Crippen LogP contribution is -2.64. The number of rotatable bonds is 4. The van der Waals surface area contributed by atoms with E-state index in [1.807, 2.05) is 0 Å². The highest BCUT2D eigenvalue weighted by Gasteiger charge is 2.61. The van der Waals surface area contributed by atoms with Gasteiger partial charge in [-0.15, -0.1) is 0 Å². The predicted molar refractivity (Wildman–Crippen MR) is 91.9 cm³/mol. The van der Waals surface area contributed by atoms with Crippen LogP contribution < -0.4 is 9.16 Å². The van der Waals surface area contributed by atoms with E-state index < -0.39 is 69.5 Å². The standard InChI is InChI=1S/C7H5F2O.2C6H5F2.Al/c1-10-7-3-2-5(8)4-6(7)9;2*7-5-2-1-3-6(8)4-5;/h2-3H,1H3;2*1-3H,4H2;. The molecule has 0 saturated heterocycles. The Morgan fingerprint density at radius 3 is 1.85 bits per heavy atom. The van der Waals surface area contributed by atoms with Crippen molar-refractivity contribution in [2.24, 2.45) is 0 Å². The molecule has 0 bridgehead atoms. The highest BCUT2D eigenvalue weighted by Crippen LogP contribution is 2.41. The number of benzene rings is 1. The minimum Gasteiger partial charge on any atom is -0.494 e. The summed E-state index contributed by atoms with van der Waals surface area (Å²) in [5, 5.41) is 0. The molecule has 0 N–H and O–H groups in total. The number of hydrogen-bond acceptors (Lipinski definition) is 1. The van der Waals surface area contributed by atoms with E-state index in [9.17, 15) is 17.6 Å². The van der Waals surface area contributed by atoms with E-state index >= 15 is 8.78 Å². The van der Waals surface area contributed by atoms with Gasteiger partial charge in [0.15, 0.2) is 11.6 Å². The van der Waals surface area contributed by atoms with Gasteiger partial charge in [0.25, 0.3) is 0 Å². The van der Waals surface area contributed by atoms with Crippen molar-refractivity contribution < 1.29 is 31.1 Å². The van der Waals surface area contributed by atoms with E-state index in [4.69, 9.17) is 4.74 Å². The zero-order valence-electron chi connectivity index (χ0n) is 14.3. The first-order valence-electron chi connectivity index (χ1n) is 8.18. The third kappa shape index (κ3) is 3.61. The van der Waals surface area contributed by atoms with Crippen LogP contribution in [0.4, 0.5) is 26.3 Å². The molecule has 27 heavy (non-hydrogen) atoms. The van der Waals surface area contributed by atoms with Gasteiger partial charge in [0.1, 0.15) is 17.5 Å². The van der Waals surface area contributed by atoms with Crippen LogP contribution in [0.25, 0.3) is 0 Å². The molecule has 142 valence electrons. The fourth-order valence-corrected chi connectivity index (χ4v) is 7.56. The van der Waals surface area contributed by atoms with Gasteiger partial charge in [-0.2, -0.15) is 0 Å². The molecule has 0 fully saturated rings. The van der Waals surface area contributed by atoms with Crippen LogP contribution >= 0.6 is 0 Å². The molecule has 2 unspecified atom stereocenters. The zero-order valence-corrected chi connectivity index (χ0v) is 15.4. The molecule has 1 nitrogen and oxygen atoms in total. The van der Waals surface area contributed by atoms with Crippen molar-refractivity contribution in [2.75, 3.05) is 7.11 Å². The van der Waals surface area contributed by atoms with Crippen LogP contribution in [0.2, 0.25) is 0 Å². The Hall–Kier alpha value is -1.91. The Kier molecular flexibility index (Phi) is 5.33. The van der Waals surface area contributed by atoms with E-state index in [-0.39, 0.29) is 0 Å². The Balaban J connectivity index is 2.25. The minimum absolute atomic E-state index is 0.400. The van der Waals surface area contributed by atoms with Gasteiger partial charge in [-0.25, -0.2) is 17.6 Å². The van der Waals surface area contributed by atoms with Crippen LogP contribution in [-0.4, -0.2) is 30.3 Å². The van der Waals surface area contributed by atoms with Crippen LogP contribution in [0.3, 0.4) is 0 Å². The molecule has 0 heterocycles. The van der Waals surface area contributed by atoms with Crippen LogP contribution in [0.1, 0.15) is 12.8 Å². The first kappa shape index (κ1) is 19.8. The van der Waals surface area contributed by atoms with Crippen LogP contribution in [-0.2, 0) is 0 Å². The van der Waals surface area contributed by atoms with Gasteiger partial charge in [-0.1, -0.05) is 24.3 Å². The molecule has 8 heteroatoms. The number of hydrogen-bond donors (Lipinski definition) is 0. The van der Waals surface area contributed by atoms with E-state index in [0.717, 1.165) is 55.7 Å². The molecule has 0 saturated carbocycles. The molecular weight excluding hydrogens is 385 g/mol. The van der Waals surface area contributed by atoms with E-state index in [1.165, 1.54) is 0 Å². The molecule has 1 aromatic rings. The fourth-order valence-electron chi connectivity index (χ4n) is 3.63. The van der Waals surface area contributed by atoms with E-state index in [0.29, 0.717) is 0 Å². The van der Waals surface area contributed by atoms with Crippen molar-refractivity contribution in [3.05, 3.63) is 71.9 Å². The lowest BCUT2D eigenvalue weighted by atomic mass is 10.1.